The van der Waals surface area contributed by atoms with Gasteiger partial charge < -0.3 is 9.47 Å². The fourth-order valence-electron chi connectivity index (χ4n) is 1.40. The number of aromatic amines is 1. The SMILES string of the molecule is Cc1n[nH]c(=S)n1CCCN(C)C(C)C. The maximum absolute atomic E-state index is 5.13. The van der Waals surface area contributed by atoms with E-state index < -0.39 is 0 Å². The monoisotopic (exact) mass is 228 g/mol. The third kappa shape index (κ3) is 3.43. The van der Waals surface area contributed by atoms with E-state index in [0.29, 0.717) is 6.04 Å². The molecule has 0 saturated heterocycles. The van der Waals surface area contributed by atoms with Crippen molar-refractivity contribution in [1.82, 2.24) is 19.7 Å². The molecular formula is C10H20N4S. The molecule has 0 radical (unpaired) electrons. The highest BCUT2D eigenvalue weighted by atomic mass is 32.1. The maximum atomic E-state index is 5.13. The summed E-state index contributed by atoms with van der Waals surface area (Å²) >= 11 is 5.13. The van der Waals surface area contributed by atoms with Gasteiger partial charge in [0.2, 0.25) is 0 Å². The first-order valence-corrected chi connectivity index (χ1v) is 5.75. The normalized spacial score (nSPS) is 11.6. The van der Waals surface area contributed by atoms with E-state index in [2.05, 4.69) is 36.0 Å². The number of rotatable bonds is 5. The lowest BCUT2D eigenvalue weighted by molar-refractivity contribution is 0.265. The number of hydrogen-bond acceptors (Lipinski definition) is 3. The molecule has 1 N–H and O–H groups in total. The minimum Gasteiger partial charge on any atom is -0.304 e. The number of hydrogen-bond donors (Lipinski definition) is 1. The second kappa shape index (κ2) is 5.42. The molecule has 4 nitrogen and oxygen atoms in total. The summed E-state index contributed by atoms with van der Waals surface area (Å²) in [6.07, 6.45) is 1.10. The van der Waals surface area contributed by atoms with Crippen molar-refractivity contribution in [3.63, 3.8) is 0 Å². The van der Waals surface area contributed by atoms with Gasteiger partial charge in [-0.25, -0.2) is 0 Å². The molecule has 0 unspecified atom stereocenters. The van der Waals surface area contributed by atoms with Crippen molar-refractivity contribution in [2.45, 2.75) is 39.8 Å². The lowest BCUT2D eigenvalue weighted by Gasteiger charge is -2.20. The van der Waals surface area contributed by atoms with Crippen LogP contribution >= 0.6 is 12.2 Å². The number of nitrogens with zero attached hydrogens (tertiary/aromatic N) is 3. The number of H-pyrrole nitrogens is 1. The van der Waals surface area contributed by atoms with Crippen LogP contribution in [-0.4, -0.2) is 39.3 Å². The topological polar surface area (TPSA) is 36.9 Å². The summed E-state index contributed by atoms with van der Waals surface area (Å²) in [5.41, 5.74) is 0. The molecule has 0 fully saturated rings. The average molecular weight is 228 g/mol. The van der Waals surface area contributed by atoms with Crippen LogP contribution in [0.3, 0.4) is 0 Å². The predicted molar refractivity (Wildman–Crippen MR) is 64.5 cm³/mol. The Labute approximate surface area is 96.3 Å². The second-order valence-corrected chi connectivity index (χ2v) is 4.54. The van der Waals surface area contributed by atoms with E-state index in [1.165, 1.54) is 0 Å². The second-order valence-electron chi connectivity index (χ2n) is 4.16. The lowest BCUT2D eigenvalue weighted by Crippen LogP contribution is -2.28. The van der Waals surface area contributed by atoms with Gasteiger partial charge in [0.1, 0.15) is 5.82 Å². The van der Waals surface area contributed by atoms with E-state index in [4.69, 9.17) is 12.2 Å². The predicted octanol–water partition coefficient (Wildman–Crippen LogP) is 1.98. The molecule has 0 aliphatic rings. The minimum atomic E-state index is 0.600. The molecule has 1 heterocycles. The van der Waals surface area contributed by atoms with Gasteiger partial charge in [-0.3, -0.25) is 5.10 Å². The lowest BCUT2D eigenvalue weighted by atomic mass is 10.3. The van der Waals surface area contributed by atoms with Crippen molar-refractivity contribution >= 4 is 12.2 Å². The Morgan fingerprint density at radius 1 is 1.53 bits per heavy atom. The van der Waals surface area contributed by atoms with Gasteiger partial charge in [-0.1, -0.05) is 0 Å². The standard InChI is InChI=1S/C10H20N4S/c1-8(2)13(4)6-5-7-14-9(3)11-12-10(14)15/h8H,5-7H2,1-4H3,(H,12,15). The molecule has 0 spiro atoms. The van der Waals surface area contributed by atoms with Crippen molar-refractivity contribution in [3.8, 4) is 0 Å². The van der Waals surface area contributed by atoms with Crippen LogP contribution in [0.4, 0.5) is 0 Å². The van der Waals surface area contributed by atoms with E-state index in [-0.39, 0.29) is 0 Å². The molecule has 0 atom stereocenters. The number of nitrogens with one attached hydrogen (secondary N) is 1. The quantitative estimate of drug-likeness (QED) is 0.783. The van der Waals surface area contributed by atoms with Gasteiger partial charge in [0.15, 0.2) is 4.77 Å². The van der Waals surface area contributed by atoms with Gasteiger partial charge in [-0.2, -0.15) is 5.10 Å². The van der Waals surface area contributed by atoms with E-state index in [1.807, 2.05) is 11.5 Å². The summed E-state index contributed by atoms with van der Waals surface area (Å²) < 4.78 is 2.77. The van der Waals surface area contributed by atoms with E-state index in [1.54, 1.807) is 0 Å². The molecule has 0 amide bonds. The fraction of sp³-hybridized carbons (Fsp3) is 0.800. The molecule has 1 aromatic rings. The summed E-state index contributed by atoms with van der Waals surface area (Å²) in [4.78, 5) is 2.33. The Balaban J connectivity index is 2.42. The van der Waals surface area contributed by atoms with E-state index in [9.17, 15) is 0 Å². The number of aromatic nitrogens is 3. The van der Waals surface area contributed by atoms with Crippen molar-refractivity contribution < 1.29 is 0 Å². The fourth-order valence-corrected chi connectivity index (χ4v) is 1.67. The van der Waals surface area contributed by atoms with Crippen LogP contribution in [0, 0.1) is 11.7 Å². The highest BCUT2D eigenvalue weighted by molar-refractivity contribution is 7.71. The van der Waals surface area contributed by atoms with Crippen LogP contribution in [0.15, 0.2) is 0 Å². The third-order valence-electron chi connectivity index (χ3n) is 2.72. The maximum Gasteiger partial charge on any atom is 0.195 e. The van der Waals surface area contributed by atoms with Crippen molar-refractivity contribution in [3.05, 3.63) is 10.6 Å². The summed E-state index contributed by atoms with van der Waals surface area (Å²) in [7, 11) is 2.15. The van der Waals surface area contributed by atoms with Crippen molar-refractivity contribution in [1.29, 1.82) is 0 Å². The summed E-state index contributed by atoms with van der Waals surface area (Å²) in [6.45, 7) is 8.41. The molecule has 0 aromatic carbocycles. The smallest absolute Gasteiger partial charge is 0.195 e. The molecule has 1 aromatic heterocycles. The van der Waals surface area contributed by atoms with Crippen LogP contribution in [0.2, 0.25) is 0 Å². The summed E-state index contributed by atoms with van der Waals surface area (Å²) in [5, 5.41) is 6.88. The molecule has 15 heavy (non-hydrogen) atoms. The van der Waals surface area contributed by atoms with E-state index in [0.717, 1.165) is 30.1 Å². The van der Waals surface area contributed by atoms with Crippen molar-refractivity contribution in [2.24, 2.45) is 0 Å². The van der Waals surface area contributed by atoms with Crippen molar-refractivity contribution in [2.75, 3.05) is 13.6 Å². The Morgan fingerprint density at radius 3 is 2.67 bits per heavy atom. The summed E-state index contributed by atoms with van der Waals surface area (Å²) in [6, 6.07) is 0.600. The van der Waals surface area contributed by atoms with Gasteiger partial charge in [0.05, 0.1) is 0 Å². The van der Waals surface area contributed by atoms with Gasteiger partial charge in [-0.05, 0) is 53.0 Å². The Hall–Kier alpha value is -0.680. The van der Waals surface area contributed by atoms with E-state index >= 15 is 0 Å². The highest BCUT2D eigenvalue weighted by Crippen LogP contribution is 2.00. The largest absolute Gasteiger partial charge is 0.304 e. The Morgan fingerprint density at radius 2 is 2.20 bits per heavy atom. The molecule has 0 aliphatic heterocycles. The first kappa shape index (κ1) is 12.4. The van der Waals surface area contributed by atoms with Gasteiger partial charge in [0.25, 0.3) is 0 Å². The molecule has 5 heteroatoms. The minimum absolute atomic E-state index is 0.600. The molecule has 0 bridgehead atoms. The van der Waals surface area contributed by atoms with Crippen LogP contribution in [-0.2, 0) is 6.54 Å². The molecule has 0 aliphatic carbocycles. The van der Waals surface area contributed by atoms with Crippen LogP contribution in [0.1, 0.15) is 26.1 Å². The first-order valence-electron chi connectivity index (χ1n) is 5.34. The zero-order chi connectivity index (χ0) is 11.4. The van der Waals surface area contributed by atoms with Gasteiger partial charge in [-0.15, -0.1) is 0 Å². The zero-order valence-corrected chi connectivity index (χ0v) is 10.8. The highest BCUT2D eigenvalue weighted by Gasteiger charge is 2.04. The molecule has 1 rings (SSSR count). The number of aryl methyl sites for hydroxylation is 1. The Kier molecular flexibility index (Phi) is 4.47. The first-order chi connectivity index (χ1) is 7.02. The van der Waals surface area contributed by atoms with Crippen LogP contribution in [0.5, 0.6) is 0 Å². The zero-order valence-electron chi connectivity index (χ0n) is 9.95. The van der Waals surface area contributed by atoms with Crippen LogP contribution < -0.4 is 0 Å². The molecular weight excluding hydrogens is 208 g/mol. The Bertz CT molecular complexity index is 353. The van der Waals surface area contributed by atoms with Gasteiger partial charge >= 0.3 is 0 Å². The molecule has 0 saturated carbocycles. The third-order valence-corrected chi connectivity index (χ3v) is 3.03. The van der Waals surface area contributed by atoms with Gasteiger partial charge in [0, 0.05) is 12.6 Å². The summed E-state index contributed by atoms with van der Waals surface area (Å²) in [5.74, 6) is 0.965. The molecule has 86 valence electrons. The van der Waals surface area contributed by atoms with Crippen LogP contribution in [0.25, 0.3) is 0 Å². The average Bonchev–Trinajstić information content (AvgIpc) is 2.48.